The third-order valence-corrected chi connectivity index (χ3v) is 7.64. The van der Waals surface area contributed by atoms with E-state index in [1.165, 1.54) is 10.5 Å². The number of H-pyrrole nitrogens is 1. The quantitative estimate of drug-likeness (QED) is 0.560. The van der Waals surface area contributed by atoms with Gasteiger partial charge in [0.05, 0.1) is 29.2 Å². The van der Waals surface area contributed by atoms with Crippen LogP contribution in [0.1, 0.15) is 44.5 Å². The molecule has 4 rings (SSSR count). The largest absolute Gasteiger partial charge is 0.459 e. The molecule has 1 N–H and O–H groups in total. The first kappa shape index (κ1) is 21.5. The summed E-state index contributed by atoms with van der Waals surface area (Å²) in [4.78, 5) is 20.2. The smallest absolute Gasteiger partial charge is 0.340 e. The standard InChI is InChI=1S/C21H27N5O4S/c1-5-21(12-25(13-21)31(28,29)6-2)26-11-15(9-24-26)18-16-7-8-22-19(16)23-10-17(18)20(27)30-14(3)4/h7-11,14H,5-6,12-13H2,1-4H3,(H,22,23). The maximum Gasteiger partial charge on any atom is 0.340 e. The first-order chi connectivity index (χ1) is 14.7. The van der Waals surface area contributed by atoms with Crippen molar-refractivity contribution in [3.8, 4) is 11.1 Å². The lowest BCUT2D eigenvalue weighted by Crippen LogP contribution is -2.64. The molecule has 0 atom stereocenters. The maximum atomic E-state index is 12.8. The third-order valence-electron chi connectivity index (χ3n) is 5.86. The maximum absolute atomic E-state index is 12.8. The zero-order chi connectivity index (χ0) is 22.4. The molecule has 3 aromatic heterocycles. The molecule has 1 saturated heterocycles. The SMILES string of the molecule is CCC1(n2cc(-c3c(C(=O)OC(C)C)cnc4[nH]ccc34)cn2)CN(S(=O)(=O)CC)C1. The van der Waals surface area contributed by atoms with Crippen LogP contribution in [-0.2, 0) is 20.3 Å². The van der Waals surface area contributed by atoms with Gasteiger partial charge in [-0.1, -0.05) is 6.92 Å². The van der Waals surface area contributed by atoms with E-state index in [4.69, 9.17) is 4.74 Å². The molecule has 10 heteroatoms. The van der Waals surface area contributed by atoms with Crippen molar-refractivity contribution < 1.29 is 17.9 Å². The molecule has 0 aliphatic carbocycles. The number of nitrogens with zero attached hydrogens (tertiary/aromatic N) is 4. The number of carbonyl (C=O) groups excluding carboxylic acids is 1. The van der Waals surface area contributed by atoms with Gasteiger partial charge in [-0.25, -0.2) is 18.2 Å². The predicted molar refractivity (Wildman–Crippen MR) is 117 cm³/mol. The molecule has 0 spiro atoms. The van der Waals surface area contributed by atoms with Gasteiger partial charge in [0, 0.05) is 48.2 Å². The van der Waals surface area contributed by atoms with Gasteiger partial charge < -0.3 is 9.72 Å². The number of fused-ring (bicyclic) bond motifs is 1. The van der Waals surface area contributed by atoms with Crippen LogP contribution < -0.4 is 0 Å². The molecule has 0 saturated carbocycles. The fourth-order valence-corrected chi connectivity index (χ4v) is 5.22. The highest BCUT2D eigenvalue weighted by Crippen LogP contribution is 2.37. The third kappa shape index (κ3) is 3.63. The molecular weight excluding hydrogens is 418 g/mol. The van der Waals surface area contributed by atoms with Gasteiger partial charge in [0.15, 0.2) is 0 Å². The molecule has 1 fully saturated rings. The van der Waals surface area contributed by atoms with Crippen molar-refractivity contribution >= 4 is 27.0 Å². The average Bonchev–Trinajstić information content (AvgIpc) is 3.36. The van der Waals surface area contributed by atoms with Gasteiger partial charge >= 0.3 is 5.97 Å². The van der Waals surface area contributed by atoms with Crippen LogP contribution in [0.25, 0.3) is 22.2 Å². The molecular formula is C21H27N5O4S. The minimum atomic E-state index is -3.23. The zero-order valence-corrected chi connectivity index (χ0v) is 18.9. The highest BCUT2D eigenvalue weighted by Gasteiger charge is 2.48. The van der Waals surface area contributed by atoms with Crippen LogP contribution in [0.3, 0.4) is 0 Å². The summed E-state index contributed by atoms with van der Waals surface area (Å²) >= 11 is 0. The van der Waals surface area contributed by atoms with Gasteiger partial charge in [-0.15, -0.1) is 0 Å². The Hall–Kier alpha value is -2.72. The van der Waals surface area contributed by atoms with Crippen LogP contribution in [0.5, 0.6) is 0 Å². The summed E-state index contributed by atoms with van der Waals surface area (Å²) in [5.41, 5.74) is 2.09. The molecule has 166 valence electrons. The van der Waals surface area contributed by atoms with Gasteiger partial charge in [-0.05, 0) is 33.3 Å². The Balaban J connectivity index is 1.74. The highest BCUT2D eigenvalue weighted by molar-refractivity contribution is 7.89. The molecule has 0 amide bonds. The van der Waals surface area contributed by atoms with E-state index in [-0.39, 0.29) is 11.9 Å². The van der Waals surface area contributed by atoms with Crippen LogP contribution in [0.15, 0.2) is 30.9 Å². The monoisotopic (exact) mass is 445 g/mol. The lowest BCUT2D eigenvalue weighted by atomic mass is 9.89. The van der Waals surface area contributed by atoms with Crippen LogP contribution in [0.2, 0.25) is 0 Å². The van der Waals surface area contributed by atoms with E-state index in [0.29, 0.717) is 29.9 Å². The second-order valence-corrected chi connectivity index (χ2v) is 10.4. The summed E-state index contributed by atoms with van der Waals surface area (Å²) in [5.74, 6) is -0.358. The molecule has 1 aliphatic rings. The molecule has 31 heavy (non-hydrogen) atoms. The second-order valence-electron chi connectivity index (χ2n) is 8.16. The van der Waals surface area contributed by atoms with Crippen molar-refractivity contribution in [1.82, 2.24) is 24.1 Å². The number of sulfonamides is 1. The van der Waals surface area contributed by atoms with E-state index in [2.05, 4.69) is 15.1 Å². The number of rotatable bonds is 7. The highest BCUT2D eigenvalue weighted by atomic mass is 32.2. The Morgan fingerprint density at radius 3 is 2.68 bits per heavy atom. The molecule has 1 aliphatic heterocycles. The Bertz CT molecular complexity index is 1220. The normalized spacial score (nSPS) is 16.5. The number of pyridine rings is 1. The summed E-state index contributed by atoms with van der Waals surface area (Å²) < 4.78 is 33.2. The molecule has 9 nitrogen and oxygen atoms in total. The Labute approximate surface area is 181 Å². The number of carbonyl (C=O) groups is 1. The summed E-state index contributed by atoms with van der Waals surface area (Å²) in [6.45, 7) is 8.05. The van der Waals surface area contributed by atoms with Gasteiger partial charge in [0.25, 0.3) is 0 Å². The molecule has 0 radical (unpaired) electrons. The Kier molecular flexibility index (Phi) is 5.38. The summed E-state index contributed by atoms with van der Waals surface area (Å²) in [5, 5.41) is 5.36. The van der Waals surface area contributed by atoms with E-state index < -0.39 is 21.5 Å². The number of aromatic nitrogens is 4. The van der Waals surface area contributed by atoms with Crippen LogP contribution in [0.4, 0.5) is 0 Å². The summed E-state index contributed by atoms with van der Waals surface area (Å²) in [6.07, 6.45) is 7.37. The van der Waals surface area contributed by atoms with Gasteiger partial charge in [-0.2, -0.15) is 9.40 Å². The van der Waals surface area contributed by atoms with Gasteiger partial charge in [0.2, 0.25) is 10.0 Å². The fourth-order valence-electron chi connectivity index (χ4n) is 3.98. The van der Waals surface area contributed by atoms with Crippen LogP contribution in [0, 0.1) is 0 Å². The number of aromatic amines is 1. The van der Waals surface area contributed by atoms with E-state index in [9.17, 15) is 13.2 Å². The van der Waals surface area contributed by atoms with E-state index in [1.54, 1.807) is 33.2 Å². The number of ether oxygens (including phenoxy) is 1. The Morgan fingerprint density at radius 1 is 1.29 bits per heavy atom. The zero-order valence-electron chi connectivity index (χ0n) is 18.1. The van der Waals surface area contributed by atoms with Crippen LogP contribution in [-0.4, -0.2) is 63.4 Å². The molecule has 0 unspecified atom stereocenters. The second kappa shape index (κ2) is 7.76. The first-order valence-electron chi connectivity index (χ1n) is 10.4. The van der Waals surface area contributed by atoms with E-state index in [0.717, 1.165) is 17.4 Å². The molecule has 3 aromatic rings. The van der Waals surface area contributed by atoms with Crippen LogP contribution >= 0.6 is 0 Å². The van der Waals surface area contributed by atoms with Crippen molar-refractivity contribution in [2.24, 2.45) is 0 Å². The van der Waals surface area contributed by atoms with Gasteiger partial charge in [0.1, 0.15) is 5.65 Å². The molecule has 0 aromatic carbocycles. The van der Waals surface area contributed by atoms with E-state index >= 15 is 0 Å². The average molecular weight is 446 g/mol. The van der Waals surface area contributed by atoms with Crippen molar-refractivity contribution in [2.75, 3.05) is 18.8 Å². The number of hydrogen-bond acceptors (Lipinski definition) is 6. The molecule has 4 heterocycles. The van der Waals surface area contributed by atoms with Crippen molar-refractivity contribution in [1.29, 1.82) is 0 Å². The first-order valence-corrected chi connectivity index (χ1v) is 12.0. The minimum Gasteiger partial charge on any atom is -0.459 e. The summed E-state index contributed by atoms with van der Waals surface area (Å²) in [7, 11) is -3.23. The predicted octanol–water partition coefficient (Wildman–Crippen LogP) is 2.76. The van der Waals surface area contributed by atoms with Gasteiger partial charge in [-0.3, -0.25) is 4.68 Å². The Morgan fingerprint density at radius 2 is 2.03 bits per heavy atom. The lowest BCUT2D eigenvalue weighted by Gasteiger charge is -2.48. The minimum absolute atomic E-state index is 0.0843. The fraction of sp³-hybridized carbons (Fsp3) is 0.476. The number of hydrogen-bond donors (Lipinski definition) is 1. The van der Waals surface area contributed by atoms with Crippen molar-refractivity contribution in [3.63, 3.8) is 0 Å². The number of nitrogens with one attached hydrogen (secondary N) is 1. The van der Waals surface area contributed by atoms with E-state index in [1.807, 2.05) is 23.9 Å². The van der Waals surface area contributed by atoms with Crippen molar-refractivity contribution in [2.45, 2.75) is 45.8 Å². The lowest BCUT2D eigenvalue weighted by molar-refractivity contribution is 0.0378. The molecule has 0 bridgehead atoms. The summed E-state index contributed by atoms with van der Waals surface area (Å²) in [6, 6.07) is 1.87. The number of esters is 1. The van der Waals surface area contributed by atoms with Crippen molar-refractivity contribution in [3.05, 3.63) is 36.4 Å². The topological polar surface area (TPSA) is 110 Å².